The Kier molecular flexibility index (Phi) is 5.09. The Hall–Kier alpha value is -0.570. The fourth-order valence-electron chi connectivity index (χ4n) is 1.64. The lowest BCUT2D eigenvalue weighted by atomic mass is 10.0. The number of aryl methyl sites for hydroxylation is 1. The highest BCUT2D eigenvalue weighted by Crippen LogP contribution is 2.23. The Balaban J connectivity index is 2.78. The first-order valence-corrected chi connectivity index (χ1v) is 5.79. The van der Waals surface area contributed by atoms with Crippen LogP contribution in [0, 0.1) is 6.92 Å². The van der Waals surface area contributed by atoms with Crippen LogP contribution in [0.15, 0.2) is 18.2 Å². The third-order valence-electron chi connectivity index (χ3n) is 2.63. The van der Waals surface area contributed by atoms with Gasteiger partial charge in [-0.25, -0.2) is 0 Å². The van der Waals surface area contributed by atoms with Crippen molar-refractivity contribution in [1.82, 2.24) is 5.43 Å². The Bertz CT molecular complexity index is 312. The summed E-state index contributed by atoms with van der Waals surface area (Å²) in [5, 5.41) is 0.810. The first-order valence-electron chi connectivity index (χ1n) is 5.41. The van der Waals surface area contributed by atoms with Crippen LogP contribution in [0.25, 0.3) is 0 Å². The van der Waals surface area contributed by atoms with E-state index in [2.05, 4.69) is 18.4 Å². The number of nitrogens with two attached hydrogens (primary N) is 1. The molecule has 0 amide bonds. The van der Waals surface area contributed by atoms with Gasteiger partial charge in [-0.2, -0.15) is 0 Å². The molecule has 3 N–H and O–H groups in total. The molecular formula is C12H19ClN2. The van der Waals surface area contributed by atoms with E-state index in [0.29, 0.717) is 0 Å². The van der Waals surface area contributed by atoms with Gasteiger partial charge in [0.1, 0.15) is 0 Å². The van der Waals surface area contributed by atoms with Crippen LogP contribution < -0.4 is 11.3 Å². The van der Waals surface area contributed by atoms with Crippen molar-refractivity contribution >= 4 is 11.6 Å². The zero-order chi connectivity index (χ0) is 11.3. The van der Waals surface area contributed by atoms with Crippen molar-refractivity contribution in [3.05, 3.63) is 34.3 Å². The minimum Gasteiger partial charge on any atom is -0.271 e. The summed E-state index contributed by atoms with van der Waals surface area (Å²) in [6.45, 7) is 4.19. The van der Waals surface area contributed by atoms with Gasteiger partial charge in [0.05, 0.1) is 0 Å². The highest BCUT2D eigenvalue weighted by Gasteiger charge is 2.09. The fraction of sp³-hybridized carbons (Fsp3) is 0.500. The summed E-state index contributed by atoms with van der Waals surface area (Å²) >= 11 is 5.98. The fourth-order valence-corrected chi connectivity index (χ4v) is 1.76. The van der Waals surface area contributed by atoms with Crippen molar-refractivity contribution in [2.24, 2.45) is 5.84 Å². The number of unbranched alkanes of at least 4 members (excludes halogenated alkanes) is 1. The maximum absolute atomic E-state index is 5.98. The van der Waals surface area contributed by atoms with E-state index in [4.69, 9.17) is 17.4 Å². The molecule has 0 aliphatic carbocycles. The van der Waals surface area contributed by atoms with Crippen molar-refractivity contribution < 1.29 is 0 Å². The van der Waals surface area contributed by atoms with Crippen LogP contribution in [0.1, 0.15) is 43.4 Å². The van der Waals surface area contributed by atoms with Crippen LogP contribution in [0.3, 0.4) is 0 Å². The van der Waals surface area contributed by atoms with Gasteiger partial charge in [-0.1, -0.05) is 43.5 Å². The maximum Gasteiger partial charge on any atom is 0.0460 e. The summed E-state index contributed by atoms with van der Waals surface area (Å²) in [6, 6.07) is 6.31. The van der Waals surface area contributed by atoms with Crippen molar-refractivity contribution in [3.8, 4) is 0 Å². The Morgan fingerprint density at radius 3 is 2.73 bits per heavy atom. The van der Waals surface area contributed by atoms with E-state index < -0.39 is 0 Å². The smallest absolute Gasteiger partial charge is 0.0460 e. The van der Waals surface area contributed by atoms with Crippen LogP contribution in [0.5, 0.6) is 0 Å². The van der Waals surface area contributed by atoms with Gasteiger partial charge >= 0.3 is 0 Å². The Labute approximate surface area is 96.8 Å². The SMILES string of the molecule is CCCCC(NN)c1ccc(Cl)c(C)c1. The molecule has 2 nitrogen and oxygen atoms in total. The minimum absolute atomic E-state index is 0.237. The molecule has 0 fully saturated rings. The zero-order valence-electron chi connectivity index (χ0n) is 9.39. The molecule has 1 unspecified atom stereocenters. The molecular weight excluding hydrogens is 208 g/mol. The summed E-state index contributed by atoms with van der Waals surface area (Å²) in [4.78, 5) is 0. The van der Waals surface area contributed by atoms with E-state index in [1.807, 2.05) is 19.1 Å². The summed E-state index contributed by atoms with van der Waals surface area (Å²) in [7, 11) is 0. The number of hydrogen-bond acceptors (Lipinski definition) is 2. The molecule has 0 heterocycles. The Morgan fingerprint density at radius 2 is 2.20 bits per heavy atom. The standard InChI is InChI=1S/C12H19ClN2/c1-3-4-5-12(15-14)10-6-7-11(13)9(2)8-10/h6-8,12,15H,3-5,14H2,1-2H3. The molecule has 0 spiro atoms. The molecule has 84 valence electrons. The zero-order valence-corrected chi connectivity index (χ0v) is 10.1. The largest absolute Gasteiger partial charge is 0.271 e. The Morgan fingerprint density at radius 1 is 1.47 bits per heavy atom. The molecule has 1 rings (SSSR count). The molecule has 0 aromatic heterocycles. The number of benzene rings is 1. The summed E-state index contributed by atoms with van der Waals surface area (Å²) in [6.07, 6.45) is 3.43. The number of hydrogen-bond donors (Lipinski definition) is 2. The molecule has 0 saturated carbocycles. The van der Waals surface area contributed by atoms with E-state index in [-0.39, 0.29) is 6.04 Å². The third kappa shape index (κ3) is 3.49. The monoisotopic (exact) mass is 226 g/mol. The lowest BCUT2D eigenvalue weighted by molar-refractivity contribution is 0.495. The predicted octanol–water partition coefficient (Wildman–Crippen LogP) is 3.34. The normalized spacial score (nSPS) is 12.8. The van der Waals surface area contributed by atoms with Crippen molar-refractivity contribution in [2.75, 3.05) is 0 Å². The molecule has 3 heteroatoms. The second-order valence-electron chi connectivity index (χ2n) is 3.87. The molecule has 0 aliphatic rings. The van der Waals surface area contributed by atoms with Crippen LogP contribution in [0.2, 0.25) is 5.02 Å². The molecule has 1 aromatic rings. The van der Waals surface area contributed by atoms with Gasteiger partial charge in [-0.15, -0.1) is 0 Å². The van der Waals surface area contributed by atoms with Crippen LogP contribution in [-0.4, -0.2) is 0 Å². The summed E-state index contributed by atoms with van der Waals surface area (Å²) in [5.41, 5.74) is 5.18. The molecule has 1 atom stereocenters. The number of hydrazine groups is 1. The van der Waals surface area contributed by atoms with Crippen molar-refractivity contribution in [2.45, 2.75) is 39.2 Å². The summed E-state index contributed by atoms with van der Waals surface area (Å²) < 4.78 is 0. The number of halogens is 1. The van der Waals surface area contributed by atoms with Gasteiger partial charge in [0.25, 0.3) is 0 Å². The lowest BCUT2D eigenvalue weighted by Crippen LogP contribution is -2.28. The van der Waals surface area contributed by atoms with E-state index in [1.165, 1.54) is 18.4 Å². The van der Waals surface area contributed by atoms with E-state index in [1.54, 1.807) is 0 Å². The van der Waals surface area contributed by atoms with Gasteiger partial charge < -0.3 is 0 Å². The van der Waals surface area contributed by atoms with Gasteiger partial charge in [0, 0.05) is 11.1 Å². The number of nitrogens with one attached hydrogen (secondary N) is 1. The first kappa shape index (κ1) is 12.5. The lowest BCUT2D eigenvalue weighted by Gasteiger charge is -2.16. The van der Waals surface area contributed by atoms with Crippen molar-refractivity contribution in [1.29, 1.82) is 0 Å². The van der Waals surface area contributed by atoms with Crippen molar-refractivity contribution in [3.63, 3.8) is 0 Å². The topological polar surface area (TPSA) is 38.0 Å². The molecule has 0 bridgehead atoms. The molecule has 1 aromatic carbocycles. The second kappa shape index (κ2) is 6.11. The van der Waals surface area contributed by atoms with E-state index in [0.717, 1.165) is 17.0 Å². The minimum atomic E-state index is 0.237. The number of rotatable bonds is 5. The van der Waals surface area contributed by atoms with Crippen LogP contribution in [-0.2, 0) is 0 Å². The summed E-state index contributed by atoms with van der Waals surface area (Å²) in [5.74, 6) is 5.55. The molecule has 0 saturated heterocycles. The average molecular weight is 227 g/mol. The van der Waals surface area contributed by atoms with Gasteiger partial charge in [0.2, 0.25) is 0 Å². The highest BCUT2D eigenvalue weighted by molar-refractivity contribution is 6.31. The highest BCUT2D eigenvalue weighted by atomic mass is 35.5. The van der Waals surface area contributed by atoms with Gasteiger partial charge in [0.15, 0.2) is 0 Å². The molecule has 0 radical (unpaired) electrons. The van der Waals surface area contributed by atoms with Crippen LogP contribution in [0.4, 0.5) is 0 Å². The second-order valence-corrected chi connectivity index (χ2v) is 4.28. The predicted molar refractivity (Wildman–Crippen MR) is 65.8 cm³/mol. The van der Waals surface area contributed by atoms with E-state index >= 15 is 0 Å². The molecule has 15 heavy (non-hydrogen) atoms. The molecule has 0 aliphatic heterocycles. The third-order valence-corrected chi connectivity index (χ3v) is 3.06. The van der Waals surface area contributed by atoms with Crippen LogP contribution >= 0.6 is 11.6 Å². The van der Waals surface area contributed by atoms with Gasteiger partial charge in [-0.05, 0) is 30.5 Å². The maximum atomic E-state index is 5.98. The quantitative estimate of drug-likeness (QED) is 0.597. The van der Waals surface area contributed by atoms with Gasteiger partial charge in [-0.3, -0.25) is 11.3 Å². The average Bonchev–Trinajstić information content (AvgIpc) is 2.24. The first-order chi connectivity index (χ1) is 7.19. The van der Waals surface area contributed by atoms with E-state index in [9.17, 15) is 0 Å².